The summed E-state index contributed by atoms with van der Waals surface area (Å²) < 4.78 is 8.54. The molecule has 2 rings (SSSR count). The number of nitrogens with zero attached hydrogens (tertiary/aromatic N) is 2. The third-order valence-corrected chi connectivity index (χ3v) is 3.00. The Morgan fingerprint density at radius 1 is 1.35 bits per heavy atom. The minimum absolute atomic E-state index is 0.432. The number of ether oxygens (including phenoxy) is 1. The molecule has 1 aromatic carbocycles. The Balaban J connectivity index is 2.06. The first-order chi connectivity index (χ1) is 8.20. The number of hydrogen-bond donors (Lipinski definition) is 1. The topological polar surface area (TPSA) is 53.1 Å². The molecule has 17 heavy (non-hydrogen) atoms. The van der Waals surface area contributed by atoms with Crippen molar-refractivity contribution in [3.63, 3.8) is 0 Å². The fourth-order valence-electron chi connectivity index (χ4n) is 1.54. The fourth-order valence-corrected chi connectivity index (χ4v) is 1.80. The second-order valence-corrected chi connectivity index (χ2v) is 4.52. The van der Waals surface area contributed by atoms with Crippen LogP contribution in [0.1, 0.15) is 12.6 Å². The Hall–Kier alpha value is -1.49. The Bertz CT molecular complexity index is 493. The number of halogens is 1. The second-order valence-electron chi connectivity index (χ2n) is 3.60. The summed E-state index contributed by atoms with van der Waals surface area (Å²) >= 11 is 3.38. The van der Waals surface area contributed by atoms with Crippen LogP contribution in [0.4, 0.5) is 5.69 Å². The lowest BCUT2D eigenvalue weighted by Gasteiger charge is -2.08. The van der Waals surface area contributed by atoms with E-state index in [0.29, 0.717) is 12.3 Å². The van der Waals surface area contributed by atoms with Crippen molar-refractivity contribution in [1.82, 2.24) is 9.78 Å². The van der Waals surface area contributed by atoms with Crippen LogP contribution in [0.15, 0.2) is 34.9 Å². The standard InChI is InChI=1S/C12H14BrN3O/c1-2-16-12(11(14)7-15-16)8-17-10-5-3-9(13)4-6-10/h3-7H,2,8,14H2,1H3. The van der Waals surface area contributed by atoms with Crippen molar-refractivity contribution < 1.29 is 4.74 Å². The molecule has 5 heteroatoms. The average molecular weight is 296 g/mol. The number of rotatable bonds is 4. The first-order valence-corrected chi connectivity index (χ1v) is 6.18. The van der Waals surface area contributed by atoms with Crippen molar-refractivity contribution in [2.24, 2.45) is 0 Å². The van der Waals surface area contributed by atoms with E-state index >= 15 is 0 Å². The van der Waals surface area contributed by atoms with Crippen molar-refractivity contribution in [2.45, 2.75) is 20.1 Å². The lowest BCUT2D eigenvalue weighted by atomic mass is 10.3. The van der Waals surface area contributed by atoms with Gasteiger partial charge in [-0.15, -0.1) is 0 Å². The molecule has 0 atom stereocenters. The highest BCUT2D eigenvalue weighted by Gasteiger charge is 2.07. The van der Waals surface area contributed by atoms with Crippen LogP contribution in [-0.4, -0.2) is 9.78 Å². The van der Waals surface area contributed by atoms with E-state index in [1.54, 1.807) is 6.20 Å². The van der Waals surface area contributed by atoms with Gasteiger partial charge in [0.1, 0.15) is 12.4 Å². The van der Waals surface area contributed by atoms with Gasteiger partial charge >= 0.3 is 0 Å². The van der Waals surface area contributed by atoms with E-state index in [9.17, 15) is 0 Å². The zero-order valence-corrected chi connectivity index (χ0v) is 11.1. The first-order valence-electron chi connectivity index (χ1n) is 5.39. The molecular weight excluding hydrogens is 282 g/mol. The molecule has 2 aromatic rings. The molecule has 90 valence electrons. The first kappa shape index (κ1) is 12.0. The van der Waals surface area contributed by atoms with Crippen LogP contribution in [-0.2, 0) is 13.2 Å². The summed E-state index contributed by atoms with van der Waals surface area (Å²) in [5, 5.41) is 4.16. The van der Waals surface area contributed by atoms with E-state index in [1.165, 1.54) is 0 Å². The smallest absolute Gasteiger partial charge is 0.132 e. The molecule has 0 fully saturated rings. The zero-order valence-electron chi connectivity index (χ0n) is 9.56. The van der Waals surface area contributed by atoms with Crippen LogP contribution < -0.4 is 10.5 Å². The van der Waals surface area contributed by atoms with Gasteiger partial charge in [-0.05, 0) is 31.2 Å². The van der Waals surface area contributed by atoms with Gasteiger partial charge in [0, 0.05) is 11.0 Å². The molecule has 0 spiro atoms. The Morgan fingerprint density at radius 2 is 2.06 bits per heavy atom. The quantitative estimate of drug-likeness (QED) is 0.944. The van der Waals surface area contributed by atoms with Crippen LogP contribution in [0.25, 0.3) is 0 Å². The normalized spacial score (nSPS) is 10.5. The molecule has 1 aromatic heterocycles. The maximum atomic E-state index is 5.83. The molecule has 0 saturated carbocycles. The van der Waals surface area contributed by atoms with Gasteiger partial charge in [0.2, 0.25) is 0 Å². The van der Waals surface area contributed by atoms with E-state index in [-0.39, 0.29) is 0 Å². The largest absolute Gasteiger partial charge is 0.487 e. The molecule has 0 aliphatic heterocycles. The van der Waals surface area contributed by atoms with Gasteiger partial charge in [0.05, 0.1) is 17.6 Å². The van der Waals surface area contributed by atoms with Crippen LogP contribution in [0.3, 0.4) is 0 Å². The van der Waals surface area contributed by atoms with Crippen molar-refractivity contribution in [3.8, 4) is 5.75 Å². The fraction of sp³-hybridized carbons (Fsp3) is 0.250. The lowest BCUT2D eigenvalue weighted by Crippen LogP contribution is -2.07. The molecule has 0 unspecified atom stereocenters. The highest BCUT2D eigenvalue weighted by atomic mass is 79.9. The van der Waals surface area contributed by atoms with Gasteiger partial charge in [0.15, 0.2) is 0 Å². The number of aryl methyl sites for hydroxylation is 1. The maximum absolute atomic E-state index is 5.83. The third-order valence-electron chi connectivity index (χ3n) is 2.47. The summed E-state index contributed by atoms with van der Waals surface area (Å²) in [7, 11) is 0. The molecule has 4 nitrogen and oxygen atoms in total. The number of aromatic nitrogens is 2. The van der Waals surface area contributed by atoms with Crippen LogP contribution in [0, 0.1) is 0 Å². The predicted molar refractivity (Wildman–Crippen MR) is 70.8 cm³/mol. The molecule has 0 bridgehead atoms. The zero-order chi connectivity index (χ0) is 12.3. The summed E-state index contributed by atoms with van der Waals surface area (Å²) in [6, 6.07) is 7.70. The van der Waals surface area contributed by atoms with Gasteiger partial charge in [0.25, 0.3) is 0 Å². The summed E-state index contributed by atoms with van der Waals surface area (Å²) in [5.41, 5.74) is 7.42. The van der Waals surface area contributed by atoms with Crippen molar-refractivity contribution >= 4 is 21.6 Å². The monoisotopic (exact) mass is 295 g/mol. The van der Waals surface area contributed by atoms with E-state index in [1.807, 2.05) is 35.9 Å². The number of anilines is 1. The summed E-state index contributed by atoms with van der Waals surface area (Å²) in [6.45, 7) is 3.24. The van der Waals surface area contributed by atoms with Crippen molar-refractivity contribution in [2.75, 3.05) is 5.73 Å². The minimum Gasteiger partial charge on any atom is -0.487 e. The molecule has 2 N–H and O–H groups in total. The van der Waals surface area contributed by atoms with E-state index in [4.69, 9.17) is 10.5 Å². The number of nitrogen functional groups attached to an aromatic ring is 1. The highest BCUT2D eigenvalue weighted by Crippen LogP contribution is 2.19. The molecule has 0 aliphatic carbocycles. The highest BCUT2D eigenvalue weighted by molar-refractivity contribution is 9.10. The number of hydrogen-bond acceptors (Lipinski definition) is 3. The van der Waals surface area contributed by atoms with Gasteiger partial charge < -0.3 is 10.5 Å². The Labute approximate surface area is 109 Å². The molecular formula is C12H14BrN3O. The summed E-state index contributed by atoms with van der Waals surface area (Å²) in [5.74, 6) is 0.816. The number of benzene rings is 1. The van der Waals surface area contributed by atoms with E-state index < -0.39 is 0 Å². The van der Waals surface area contributed by atoms with E-state index in [2.05, 4.69) is 21.0 Å². The van der Waals surface area contributed by atoms with Gasteiger partial charge in [-0.1, -0.05) is 15.9 Å². The van der Waals surface area contributed by atoms with Crippen molar-refractivity contribution in [3.05, 3.63) is 40.6 Å². The number of nitrogens with two attached hydrogens (primary N) is 1. The van der Waals surface area contributed by atoms with Crippen molar-refractivity contribution in [1.29, 1.82) is 0 Å². The van der Waals surface area contributed by atoms with Crippen LogP contribution in [0.5, 0.6) is 5.75 Å². The van der Waals surface area contributed by atoms with Crippen LogP contribution in [0.2, 0.25) is 0 Å². The van der Waals surface area contributed by atoms with Gasteiger partial charge in [-0.25, -0.2) is 0 Å². The Morgan fingerprint density at radius 3 is 2.71 bits per heavy atom. The van der Waals surface area contributed by atoms with Gasteiger partial charge in [-0.3, -0.25) is 4.68 Å². The third kappa shape index (κ3) is 2.79. The minimum atomic E-state index is 0.432. The molecule has 0 aliphatic rings. The van der Waals surface area contributed by atoms with Gasteiger partial charge in [-0.2, -0.15) is 5.10 Å². The Kier molecular flexibility index (Phi) is 3.68. The predicted octanol–water partition coefficient (Wildman–Crippen LogP) is 2.83. The van der Waals surface area contributed by atoms with E-state index in [0.717, 1.165) is 22.5 Å². The molecule has 0 amide bonds. The summed E-state index contributed by atoms with van der Waals surface area (Å²) in [4.78, 5) is 0. The average Bonchev–Trinajstić information content (AvgIpc) is 2.69. The molecule has 1 heterocycles. The van der Waals surface area contributed by atoms with Crippen LogP contribution >= 0.6 is 15.9 Å². The lowest BCUT2D eigenvalue weighted by molar-refractivity contribution is 0.293. The second kappa shape index (κ2) is 5.23. The SMILES string of the molecule is CCn1ncc(N)c1COc1ccc(Br)cc1. The summed E-state index contributed by atoms with van der Waals surface area (Å²) in [6.07, 6.45) is 1.66. The molecule has 0 radical (unpaired) electrons. The maximum Gasteiger partial charge on any atom is 0.132 e. The molecule has 0 saturated heterocycles.